The molecule has 0 saturated heterocycles. The van der Waals surface area contributed by atoms with Crippen LogP contribution in [0.3, 0.4) is 0 Å². The van der Waals surface area contributed by atoms with Gasteiger partial charge in [-0.25, -0.2) is 8.93 Å². The van der Waals surface area contributed by atoms with Crippen LogP contribution in [-0.4, -0.2) is 10.8 Å². The van der Waals surface area contributed by atoms with E-state index in [4.69, 9.17) is 0 Å². The Kier molecular flexibility index (Phi) is 4.55. The minimum Gasteiger partial charge on any atom is -0.237 e. The van der Waals surface area contributed by atoms with Crippen molar-refractivity contribution in [2.75, 3.05) is 6.54 Å². The molecule has 1 fully saturated rings. The van der Waals surface area contributed by atoms with Gasteiger partial charge in [-0.1, -0.05) is 25.8 Å². The van der Waals surface area contributed by atoms with Crippen LogP contribution in [0, 0.1) is 11.8 Å². The minimum absolute atomic E-state index is 0.722. The summed E-state index contributed by atoms with van der Waals surface area (Å²) >= 11 is 1.56. The van der Waals surface area contributed by atoms with E-state index in [1.165, 1.54) is 25.7 Å². The Balaban J connectivity index is 1.73. The Labute approximate surface area is 104 Å². The highest BCUT2D eigenvalue weighted by molar-refractivity contribution is 7.85. The average molecular weight is 257 g/mol. The van der Waals surface area contributed by atoms with Crippen LogP contribution < -0.4 is 4.72 Å². The highest BCUT2D eigenvalue weighted by Crippen LogP contribution is 2.27. The molecule has 2 rings (SSSR count). The Morgan fingerprint density at radius 3 is 2.81 bits per heavy atom. The van der Waals surface area contributed by atoms with Crippen LogP contribution in [0.2, 0.25) is 0 Å². The third-order valence-corrected chi connectivity index (χ3v) is 5.65. The third-order valence-electron chi connectivity index (χ3n) is 3.32. The molecule has 1 aromatic rings. The number of rotatable bonds is 4. The lowest BCUT2D eigenvalue weighted by atomic mass is 9.83. The van der Waals surface area contributed by atoms with Crippen LogP contribution in [-0.2, 0) is 11.0 Å². The van der Waals surface area contributed by atoms with Crippen molar-refractivity contribution in [2.24, 2.45) is 11.8 Å². The second kappa shape index (κ2) is 5.94. The molecule has 0 aromatic carbocycles. The fourth-order valence-electron chi connectivity index (χ4n) is 2.17. The van der Waals surface area contributed by atoms with Crippen molar-refractivity contribution in [1.29, 1.82) is 0 Å². The van der Waals surface area contributed by atoms with Gasteiger partial charge in [-0.2, -0.15) is 0 Å². The largest absolute Gasteiger partial charge is 0.237 e. The molecule has 1 saturated carbocycles. The Bertz CT molecular complexity index is 329. The third kappa shape index (κ3) is 3.40. The van der Waals surface area contributed by atoms with Gasteiger partial charge in [0.2, 0.25) is 0 Å². The molecule has 2 nitrogen and oxygen atoms in total. The lowest BCUT2D eigenvalue weighted by Crippen LogP contribution is -2.27. The van der Waals surface area contributed by atoms with Gasteiger partial charge in [0.1, 0.15) is 15.2 Å². The Hall–Kier alpha value is -0.190. The summed E-state index contributed by atoms with van der Waals surface area (Å²) < 4.78 is 15.9. The van der Waals surface area contributed by atoms with E-state index < -0.39 is 11.0 Å². The molecule has 1 N–H and O–H groups in total. The van der Waals surface area contributed by atoms with Crippen molar-refractivity contribution in [3.05, 3.63) is 17.5 Å². The number of hydrogen-bond donors (Lipinski definition) is 1. The summed E-state index contributed by atoms with van der Waals surface area (Å²) in [4.78, 5) is 0. The van der Waals surface area contributed by atoms with E-state index >= 15 is 0 Å². The molecule has 1 heterocycles. The van der Waals surface area contributed by atoms with E-state index in [0.717, 1.165) is 22.6 Å². The summed E-state index contributed by atoms with van der Waals surface area (Å²) in [5, 5.41) is 1.97. The highest BCUT2D eigenvalue weighted by Gasteiger charge is 2.18. The molecule has 1 aliphatic rings. The zero-order valence-corrected chi connectivity index (χ0v) is 11.3. The fourth-order valence-corrected chi connectivity index (χ4v) is 4.04. The highest BCUT2D eigenvalue weighted by atomic mass is 32.2. The quantitative estimate of drug-likeness (QED) is 0.882. The molecule has 16 heavy (non-hydrogen) atoms. The Morgan fingerprint density at radius 1 is 1.44 bits per heavy atom. The van der Waals surface area contributed by atoms with E-state index in [1.807, 2.05) is 17.5 Å². The minimum atomic E-state index is -0.994. The summed E-state index contributed by atoms with van der Waals surface area (Å²) in [6, 6.07) is 3.87. The molecule has 1 unspecified atom stereocenters. The molecule has 1 aromatic heterocycles. The second-order valence-electron chi connectivity index (χ2n) is 4.68. The van der Waals surface area contributed by atoms with Gasteiger partial charge in [0.25, 0.3) is 0 Å². The molecule has 0 spiro atoms. The molecular formula is C12H19NOS2. The first-order chi connectivity index (χ1) is 7.75. The predicted octanol–water partition coefficient (Wildman–Crippen LogP) is 3.19. The van der Waals surface area contributed by atoms with Gasteiger partial charge in [0.15, 0.2) is 0 Å². The molecule has 0 bridgehead atoms. The van der Waals surface area contributed by atoms with Crippen LogP contribution in [0.15, 0.2) is 21.7 Å². The maximum Gasteiger partial charge on any atom is 0.135 e. The van der Waals surface area contributed by atoms with Crippen molar-refractivity contribution in [2.45, 2.75) is 36.8 Å². The monoisotopic (exact) mass is 257 g/mol. The number of hydrogen-bond acceptors (Lipinski definition) is 2. The van der Waals surface area contributed by atoms with Crippen molar-refractivity contribution in [3.63, 3.8) is 0 Å². The van der Waals surface area contributed by atoms with Crippen LogP contribution in [0.4, 0.5) is 0 Å². The number of thiophene rings is 1. The van der Waals surface area contributed by atoms with Gasteiger partial charge in [0.05, 0.1) is 0 Å². The summed E-state index contributed by atoms with van der Waals surface area (Å²) in [7, 11) is -0.994. The van der Waals surface area contributed by atoms with Crippen LogP contribution in [0.1, 0.15) is 32.6 Å². The molecule has 0 amide bonds. The first-order valence-corrected chi connectivity index (χ1v) is 7.97. The van der Waals surface area contributed by atoms with Crippen molar-refractivity contribution in [3.8, 4) is 0 Å². The fraction of sp³-hybridized carbons (Fsp3) is 0.667. The summed E-state index contributed by atoms with van der Waals surface area (Å²) in [6.45, 7) is 3.23. The Morgan fingerprint density at radius 2 is 2.19 bits per heavy atom. The first-order valence-electron chi connectivity index (χ1n) is 5.94. The van der Waals surface area contributed by atoms with Crippen LogP contribution in [0.5, 0.6) is 0 Å². The predicted molar refractivity (Wildman–Crippen MR) is 69.9 cm³/mol. The SMILES string of the molecule is CC1CCC(CNS(=O)c2cccs2)CC1. The van der Waals surface area contributed by atoms with Crippen LogP contribution in [0.25, 0.3) is 0 Å². The molecule has 4 heteroatoms. The van der Waals surface area contributed by atoms with Crippen molar-refractivity contribution < 1.29 is 4.21 Å². The van der Waals surface area contributed by atoms with Gasteiger partial charge in [0, 0.05) is 6.54 Å². The molecular weight excluding hydrogens is 238 g/mol. The molecule has 0 radical (unpaired) electrons. The van der Waals surface area contributed by atoms with Gasteiger partial charge in [-0.3, -0.25) is 0 Å². The lowest BCUT2D eigenvalue weighted by molar-refractivity contribution is 0.291. The zero-order chi connectivity index (χ0) is 11.4. The molecule has 1 atom stereocenters. The molecule has 90 valence electrons. The number of nitrogens with one attached hydrogen (secondary N) is 1. The normalized spacial score (nSPS) is 27.8. The van der Waals surface area contributed by atoms with E-state index in [2.05, 4.69) is 11.6 Å². The van der Waals surface area contributed by atoms with Gasteiger partial charge in [-0.15, -0.1) is 11.3 Å². The van der Waals surface area contributed by atoms with Gasteiger partial charge in [-0.05, 0) is 36.1 Å². The zero-order valence-electron chi connectivity index (χ0n) is 9.65. The average Bonchev–Trinajstić information content (AvgIpc) is 2.81. The van der Waals surface area contributed by atoms with Crippen molar-refractivity contribution >= 4 is 22.3 Å². The lowest BCUT2D eigenvalue weighted by Gasteiger charge is -2.25. The second-order valence-corrected chi connectivity index (χ2v) is 7.15. The van der Waals surface area contributed by atoms with Gasteiger partial charge < -0.3 is 0 Å². The molecule has 0 aliphatic heterocycles. The van der Waals surface area contributed by atoms with E-state index in [9.17, 15) is 4.21 Å². The first kappa shape index (κ1) is 12.3. The molecule has 1 aliphatic carbocycles. The van der Waals surface area contributed by atoms with E-state index in [-0.39, 0.29) is 0 Å². The van der Waals surface area contributed by atoms with Crippen LogP contribution >= 0.6 is 11.3 Å². The van der Waals surface area contributed by atoms with E-state index in [0.29, 0.717) is 0 Å². The summed E-state index contributed by atoms with van der Waals surface area (Å²) in [5.41, 5.74) is 0. The topological polar surface area (TPSA) is 29.1 Å². The van der Waals surface area contributed by atoms with E-state index in [1.54, 1.807) is 11.3 Å². The summed E-state index contributed by atoms with van der Waals surface area (Å²) in [6.07, 6.45) is 5.24. The smallest absolute Gasteiger partial charge is 0.135 e. The van der Waals surface area contributed by atoms with Crippen molar-refractivity contribution in [1.82, 2.24) is 4.72 Å². The van der Waals surface area contributed by atoms with Gasteiger partial charge >= 0.3 is 0 Å². The summed E-state index contributed by atoms with van der Waals surface area (Å²) in [5.74, 6) is 1.61. The standard InChI is InChI=1S/C12H19NOS2/c1-10-4-6-11(7-5-10)9-13-16(14)12-3-2-8-15-12/h2-3,8,10-11,13H,4-7,9H2,1H3. The maximum atomic E-state index is 11.8. The maximum absolute atomic E-state index is 11.8.